The highest BCUT2D eigenvalue weighted by Gasteiger charge is 2.51. The first kappa shape index (κ1) is 16.6. The van der Waals surface area contributed by atoms with Crippen LogP contribution in [0.2, 0.25) is 0 Å². The van der Waals surface area contributed by atoms with Gasteiger partial charge in [0.2, 0.25) is 5.91 Å². The molecule has 2 amide bonds. The Morgan fingerprint density at radius 2 is 1.75 bits per heavy atom. The lowest BCUT2D eigenvalue weighted by Crippen LogP contribution is -2.50. The third kappa shape index (κ3) is 5.66. The predicted octanol–water partition coefficient (Wildman–Crippen LogP) is 2.11. The van der Waals surface area contributed by atoms with E-state index in [9.17, 15) is 22.8 Å². The maximum Gasteiger partial charge on any atom is 0.408 e. The number of nitrogens with one attached hydrogen (secondary N) is 2. The quantitative estimate of drug-likeness (QED) is 0.835. The molecule has 0 radical (unpaired) electrons. The van der Waals surface area contributed by atoms with Crippen molar-refractivity contribution < 1.29 is 27.5 Å². The van der Waals surface area contributed by atoms with E-state index in [0.29, 0.717) is 12.8 Å². The molecule has 0 atom stereocenters. The van der Waals surface area contributed by atoms with Crippen LogP contribution in [0.4, 0.5) is 18.0 Å². The number of ether oxygens (including phenoxy) is 1. The fourth-order valence-corrected chi connectivity index (χ4v) is 1.52. The van der Waals surface area contributed by atoms with Crippen molar-refractivity contribution in [3.05, 3.63) is 0 Å². The first-order chi connectivity index (χ1) is 8.94. The summed E-state index contributed by atoms with van der Waals surface area (Å²) >= 11 is 0. The molecule has 20 heavy (non-hydrogen) atoms. The molecule has 116 valence electrons. The highest BCUT2D eigenvalue weighted by molar-refractivity contribution is 5.92. The van der Waals surface area contributed by atoms with Crippen molar-refractivity contribution in [1.29, 1.82) is 0 Å². The zero-order valence-corrected chi connectivity index (χ0v) is 11.7. The Kier molecular flexibility index (Phi) is 4.55. The van der Waals surface area contributed by atoms with Crippen LogP contribution < -0.4 is 10.6 Å². The summed E-state index contributed by atoms with van der Waals surface area (Å²) in [5.41, 5.74) is -1.82. The van der Waals surface area contributed by atoms with Crippen molar-refractivity contribution >= 4 is 12.0 Å². The normalized spacial score (nSPS) is 17.3. The smallest absolute Gasteiger partial charge is 0.408 e. The Morgan fingerprint density at radius 3 is 2.15 bits per heavy atom. The summed E-state index contributed by atoms with van der Waals surface area (Å²) in [6.07, 6.45) is -5.38. The van der Waals surface area contributed by atoms with Gasteiger partial charge in [0.15, 0.2) is 0 Å². The summed E-state index contributed by atoms with van der Waals surface area (Å²) < 4.78 is 40.9. The van der Waals surface area contributed by atoms with Gasteiger partial charge in [-0.2, -0.15) is 13.2 Å². The lowest BCUT2D eigenvalue weighted by molar-refractivity contribution is -0.136. The summed E-state index contributed by atoms with van der Waals surface area (Å²) in [5, 5.41) is 4.60. The van der Waals surface area contributed by atoms with Gasteiger partial charge >= 0.3 is 12.3 Å². The molecular formula is C12H19F3N2O3. The van der Waals surface area contributed by atoms with E-state index in [1.165, 1.54) is 0 Å². The SMILES string of the molecule is CC(C)(C)OC(=O)NC1(C(=O)NCCC(F)(F)F)CC1. The van der Waals surface area contributed by atoms with E-state index >= 15 is 0 Å². The van der Waals surface area contributed by atoms with E-state index in [1.807, 2.05) is 0 Å². The van der Waals surface area contributed by atoms with Crippen LogP contribution in [0.5, 0.6) is 0 Å². The van der Waals surface area contributed by atoms with E-state index in [0.717, 1.165) is 0 Å². The fourth-order valence-electron chi connectivity index (χ4n) is 1.52. The van der Waals surface area contributed by atoms with E-state index < -0.39 is 42.3 Å². The molecule has 5 nitrogen and oxygen atoms in total. The number of amides is 2. The minimum Gasteiger partial charge on any atom is -0.444 e. The summed E-state index contributed by atoms with van der Waals surface area (Å²) in [6, 6.07) is 0. The van der Waals surface area contributed by atoms with Gasteiger partial charge in [-0.3, -0.25) is 4.79 Å². The minimum absolute atomic E-state index is 0.393. The molecule has 2 N–H and O–H groups in total. The number of hydrogen-bond acceptors (Lipinski definition) is 3. The van der Waals surface area contributed by atoms with Crippen LogP contribution in [-0.4, -0.2) is 35.9 Å². The lowest BCUT2D eigenvalue weighted by Gasteiger charge is -2.23. The van der Waals surface area contributed by atoms with E-state index in [1.54, 1.807) is 20.8 Å². The average Bonchev–Trinajstić information content (AvgIpc) is 2.93. The first-order valence-corrected chi connectivity index (χ1v) is 6.30. The number of carbonyl (C=O) groups is 2. The van der Waals surface area contributed by atoms with Gasteiger partial charge in [-0.25, -0.2) is 4.79 Å². The maximum atomic E-state index is 12.0. The molecule has 0 aromatic heterocycles. The van der Waals surface area contributed by atoms with Crippen LogP contribution in [0, 0.1) is 0 Å². The Balaban J connectivity index is 2.41. The molecule has 0 spiro atoms. The highest BCUT2D eigenvalue weighted by Crippen LogP contribution is 2.36. The second kappa shape index (κ2) is 5.49. The van der Waals surface area contributed by atoms with Gasteiger partial charge in [-0.05, 0) is 33.6 Å². The molecular weight excluding hydrogens is 277 g/mol. The van der Waals surface area contributed by atoms with Crippen molar-refractivity contribution in [1.82, 2.24) is 10.6 Å². The minimum atomic E-state index is -4.32. The summed E-state index contributed by atoms with van der Waals surface area (Å²) in [7, 11) is 0. The Hall–Kier alpha value is -1.47. The van der Waals surface area contributed by atoms with E-state index in [2.05, 4.69) is 10.6 Å². The van der Waals surface area contributed by atoms with Gasteiger partial charge in [-0.15, -0.1) is 0 Å². The second-order valence-corrected chi connectivity index (χ2v) is 5.83. The van der Waals surface area contributed by atoms with Crippen molar-refractivity contribution in [2.24, 2.45) is 0 Å². The van der Waals surface area contributed by atoms with Crippen LogP contribution in [0.25, 0.3) is 0 Å². The highest BCUT2D eigenvalue weighted by atomic mass is 19.4. The Labute approximate surface area is 115 Å². The van der Waals surface area contributed by atoms with Gasteiger partial charge < -0.3 is 15.4 Å². The predicted molar refractivity (Wildman–Crippen MR) is 65.0 cm³/mol. The number of carbonyl (C=O) groups excluding carboxylic acids is 2. The molecule has 1 aliphatic carbocycles. The van der Waals surface area contributed by atoms with E-state index in [-0.39, 0.29) is 0 Å². The summed E-state index contributed by atoms with van der Waals surface area (Å²) in [5.74, 6) is -0.604. The molecule has 0 aromatic rings. The zero-order valence-electron chi connectivity index (χ0n) is 11.7. The molecule has 0 unspecified atom stereocenters. The fraction of sp³-hybridized carbons (Fsp3) is 0.833. The van der Waals surface area contributed by atoms with Gasteiger partial charge in [0.05, 0.1) is 6.42 Å². The number of alkyl carbamates (subject to hydrolysis) is 1. The summed E-state index contributed by atoms with van der Waals surface area (Å²) in [4.78, 5) is 23.3. The Morgan fingerprint density at radius 1 is 1.20 bits per heavy atom. The van der Waals surface area contributed by atoms with Gasteiger partial charge in [-0.1, -0.05) is 0 Å². The monoisotopic (exact) mass is 296 g/mol. The second-order valence-electron chi connectivity index (χ2n) is 5.83. The Bertz CT molecular complexity index is 384. The molecule has 0 heterocycles. The van der Waals surface area contributed by atoms with Crippen LogP contribution in [0.1, 0.15) is 40.0 Å². The molecule has 1 saturated carbocycles. The number of rotatable bonds is 4. The van der Waals surface area contributed by atoms with Gasteiger partial charge in [0.25, 0.3) is 0 Å². The number of hydrogen-bond donors (Lipinski definition) is 2. The third-order valence-corrected chi connectivity index (χ3v) is 2.62. The van der Waals surface area contributed by atoms with Crippen molar-refractivity contribution in [2.75, 3.05) is 6.54 Å². The maximum absolute atomic E-state index is 12.0. The number of alkyl halides is 3. The van der Waals surface area contributed by atoms with Crippen molar-refractivity contribution in [3.8, 4) is 0 Å². The van der Waals surface area contributed by atoms with Crippen molar-refractivity contribution in [3.63, 3.8) is 0 Å². The third-order valence-electron chi connectivity index (χ3n) is 2.62. The lowest BCUT2D eigenvalue weighted by atomic mass is 10.2. The van der Waals surface area contributed by atoms with Crippen LogP contribution in [0.15, 0.2) is 0 Å². The van der Waals surface area contributed by atoms with E-state index in [4.69, 9.17) is 4.74 Å². The summed E-state index contributed by atoms with van der Waals surface area (Å²) in [6.45, 7) is 4.53. The molecule has 1 rings (SSSR count). The van der Waals surface area contributed by atoms with Crippen LogP contribution in [0.3, 0.4) is 0 Å². The molecule has 1 fully saturated rings. The topological polar surface area (TPSA) is 67.4 Å². The standard InChI is InChI=1S/C12H19F3N2O3/c1-10(2,3)20-9(19)17-11(4-5-11)8(18)16-7-6-12(13,14)15/h4-7H2,1-3H3,(H,16,18)(H,17,19). The molecule has 0 aliphatic heterocycles. The zero-order chi connectivity index (χ0) is 15.6. The van der Waals surface area contributed by atoms with Crippen LogP contribution in [-0.2, 0) is 9.53 Å². The number of halogens is 3. The van der Waals surface area contributed by atoms with Gasteiger partial charge in [0, 0.05) is 6.54 Å². The van der Waals surface area contributed by atoms with Gasteiger partial charge in [0.1, 0.15) is 11.1 Å². The molecule has 0 aromatic carbocycles. The largest absolute Gasteiger partial charge is 0.444 e. The first-order valence-electron chi connectivity index (χ1n) is 6.30. The average molecular weight is 296 g/mol. The van der Waals surface area contributed by atoms with Crippen molar-refractivity contribution in [2.45, 2.75) is 57.3 Å². The van der Waals surface area contributed by atoms with Crippen LogP contribution >= 0.6 is 0 Å². The molecule has 0 saturated heterocycles. The molecule has 8 heteroatoms. The molecule has 1 aliphatic rings. The molecule has 0 bridgehead atoms.